The molecule has 3 N–H and O–H groups in total. The van der Waals surface area contributed by atoms with Crippen molar-refractivity contribution in [1.82, 2.24) is 5.32 Å². The van der Waals surface area contributed by atoms with Gasteiger partial charge in [-0.3, -0.25) is 10.1 Å². The topological polar surface area (TPSA) is 79.5 Å². The van der Waals surface area contributed by atoms with Crippen LogP contribution in [0.15, 0.2) is 24.3 Å². The first-order valence-electron chi connectivity index (χ1n) is 7.24. The van der Waals surface area contributed by atoms with Crippen molar-refractivity contribution in [3.63, 3.8) is 0 Å². The number of hydrogen-bond acceptors (Lipinski definition) is 4. The number of hydrogen-bond donors (Lipinski definition) is 3. The molecule has 0 saturated heterocycles. The molecular formula is C15H21N3O3. The third kappa shape index (κ3) is 5.83. The molecule has 114 valence electrons. The molecule has 2 amide bonds. The monoisotopic (exact) mass is 291 g/mol. The number of benzene rings is 1. The van der Waals surface area contributed by atoms with Crippen molar-refractivity contribution in [3.05, 3.63) is 24.3 Å². The second-order valence-electron chi connectivity index (χ2n) is 4.95. The van der Waals surface area contributed by atoms with Gasteiger partial charge in [0.25, 0.3) is 0 Å². The predicted molar refractivity (Wildman–Crippen MR) is 81.4 cm³/mol. The van der Waals surface area contributed by atoms with Crippen LogP contribution < -0.4 is 16.0 Å². The second-order valence-corrected chi connectivity index (χ2v) is 4.95. The Balaban J connectivity index is 1.72. The lowest BCUT2D eigenvalue weighted by molar-refractivity contribution is -0.116. The molecule has 1 aromatic rings. The summed E-state index contributed by atoms with van der Waals surface area (Å²) >= 11 is 0. The number of anilines is 2. The van der Waals surface area contributed by atoms with Crippen LogP contribution in [0.5, 0.6) is 0 Å². The number of carbonyl (C=O) groups is 2. The van der Waals surface area contributed by atoms with Gasteiger partial charge in [-0.05, 0) is 44.0 Å². The standard InChI is InChI=1S/C15H21N3O3/c1-2-21-15(20)18-13-7-5-12(6-8-13)17-14(19)9-10-16-11-3-4-11/h5-8,11,16H,2-4,9-10H2,1H3,(H,17,19)(H,18,20). The minimum absolute atomic E-state index is 0.0192. The lowest BCUT2D eigenvalue weighted by Crippen LogP contribution is -2.23. The maximum atomic E-state index is 11.7. The van der Waals surface area contributed by atoms with Crippen molar-refractivity contribution in [2.75, 3.05) is 23.8 Å². The van der Waals surface area contributed by atoms with Gasteiger partial charge in [0.2, 0.25) is 5.91 Å². The van der Waals surface area contributed by atoms with E-state index in [1.807, 2.05) is 0 Å². The van der Waals surface area contributed by atoms with Gasteiger partial charge in [-0.15, -0.1) is 0 Å². The van der Waals surface area contributed by atoms with E-state index in [1.165, 1.54) is 12.8 Å². The van der Waals surface area contributed by atoms with Crippen LogP contribution in [0, 0.1) is 0 Å². The smallest absolute Gasteiger partial charge is 0.411 e. The highest BCUT2D eigenvalue weighted by Gasteiger charge is 2.20. The number of ether oxygens (including phenoxy) is 1. The third-order valence-corrected chi connectivity index (χ3v) is 3.05. The van der Waals surface area contributed by atoms with Gasteiger partial charge >= 0.3 is 6.09 Å². The van der Waals surface area contributed by atoms with Crippen molar-refractivity contribution < 1.29 is 14.3 Å². The van der Waals surface area contributed by atoms with Crippen LogP contribution in [0.3, 0.4) is 0 Å². The lowest BCUT2D eigenvalue weighted by atomic mass is 10.2. The first-order chi connectivity index (χ1) is 10.2. The summed E-state index contributed by atoms with van der Waals surface area (Å²) in [4.78, 5) is 23.0. The maximum absolute atomic E-state index is 11.7. The highest BCUT2D eigenvalue weighted by molar-refractivity contribution is 5.91. The Kier molecular flexibility index (Phi) is 5.57. The van der Waals surface area contributed by atoms with Gasteiger partial charge in [-0.2, -0.15) is 0 Å². The summed E-state index contributed by atoms with van der Waals surface area (Å²) in [5.41, 5.74) is 1.34. The molecule has 0 aromatic heterocycles. The summed E-state index contributed by atoms with van der Waals surface area (Å²) in [6.07, 6.45) is 2.41. The SMILES string of the molecule is CCOC(=O)Nc1ccc(NC(=O)CCNC2CC2)cc1. The molecule has 1 fully saturated rings. The van der Waals surface area contributed by atoms with E-state index in [0.29, 0.717) is 37.0 Å². The average molecular weight is 291 g/mol. The zero-order valence-electron chi connectivity index (χ0n) is 12.1. The molecule has 0 atom stereocenters. The number of amides is 2. The Labute approximate surface area is 124 Å². The number of rotatable bonds is 7. The molecule has 0 aliphatic heterocycles. The first kappa shape index (κ1) is 15.3. The first-order valence-corrected chi connectivity index (χ1v) is 7.24. The van der Waals surface area contributed by atoms with E-state index in [0.717, 1.165) is 0 Å². The van der Waals surface area contributed by atoms with Crippen LogP contribution in [0.25, 0.3) is 0 Å². The highest BCUT2D eigenvalue weighted by Crippen LogP contribution is 2.18. The quantitative estimate of drug-likeness (QED) is 0.720. The molecule has 0 bridgehead atoms. The van der Waals surface area contributed by atoms with Gasteiger partial charge in [0.05, 0.1) is 6.61 Å². The van der Waals surface area contributed by atoms with Crippen LogP contribution >= 0.6 is 0 Å². The number of nitrogens with one attached hydrogen (secondary N) is 3. The van der Waals surface area contributed by atoms with Crippen molar-refractivity contribution in [2.24, 2.45) is 0 Å². The van der Waals surface area contributed by atoms with Crippen LogP contribution in [0.4, 0.5) is 16.2 Å². The molecule has 0 heterocycles. The van der Waals surface area contributed by atoms with E-state index in [-0.39, 0.29) is 5.91 Å². The molecule has 1 aliphatic rings. The van der Waals surface area contributed by atoms with Gasteiger partial charge < -0.3 is 15.4 Å². The fourth-order valence-electron chi connectivity index (χ4n) is 1.82. The van der Waals surface area contributed by atoms with Crippen LogP contribution in [0.1, 0.15) is 26.2 Å². The van der Waals surface area contributed by atoms with Crippen molar-refractivity contribution in [1.29, 1.82) is 0 Å². The van der Waals surface area contributed by atoms with Gasteiger partial charge in [-0.25, -0.2) is 4.79 Å². The Morgan fingerprint density at radius 1 is 1.14 bits per heavy atom. The zero-order chi connectivity index (χ0) is 15.1. The summed E-state index contributed by atoms with van der Waals surface area (Å²) in [5, 5.41) is 8.71. The second kappa shape index (κ2) is 7.64. The fourth-order valence-corrected chi connectivity index (χ4v) is 1.82. The molecule has 1 aromatic carbocycles. The summed E-state index contributed by atoms with van der Waals surface area (Å²) < 4.78 is 4.78. The Morgan fingerprint density at radius 3 is 2.33 bits per heavy atom. The van der Waals surface area contributed by atoms with Gasteiger partial charge in [0.15, 0.2) is 0 Å². The van der Waals surface area contributed by atoms with E-state index < -0.39 is 6.09 Å². The molecule has 0 radical (unpaired) electrons. The minimum Gasteiger partial charge on any atom is -0.450 e. The molecule has 6 nitrogen and oxygen atoms in total. The Hall–Kier alpha value is -2.08. The molecular weight excluding hydrogens is 270 g/mol. The molecule has 2 rings (SSSR count). The highest BCUT2D eigenvalue weighted by atomic mass is 16.5. The Morgan fingerprint density at radius 2 is 1.76 bits per heavy atom. The lowest BCUT2D eigenvalue weighted by Gasteiger charge is -2.08. The van der Waals surface area contributed by atoms with E-state index in [1.54, 1.807) is 31.2 Å². The molecule has 1 saturated carbocycles. The summed E-state index contributed by atoms with van der Waals surface area (Å²) in [6.45, 7) is 2.78. The summed E-state index contributed by atoms with van der Waals surface area (Å²) in [7, 11) is 0. The number of carbonyl (C=O) groups excluding carboxylic acids is 2. The van der Waals surface area contributed by atoms with E-state index in [9.17, 15) is 9.59 Å². The zero-order valence-corrected chi connectivity index (χ0v) is 12.1. The molecule has 0 spiro atoms. The summed E-state index contributed by atoms with van der Waals surface area (Å²) in [5.74, 6) is -0.0192. The van der Waals surface area contributed by atoms with E-state index in [2.05, 4.69) is 16.0 Å². The van der Waals surface area contributed by atoms with E-state index >= 15 is 0 Å². The molecule has 6 heteroatoms. The van der Waals surface area contributed by atoms with Gasteiger partial charge in [0, 0.05) is 30.4 Å². The average Bonchev–Trinajstić information content (AvgIpc) is 3.25. The van der Waals surface area contributed by atoms with Gasteiger partial charge in [-0.1, -0.05) is 0 Å². The van der Waals surface area contributed by atoms with E-state index in [4.69, 9.17) is 4.74 Å². The largest absolute Gasteiger partial charge is 0.450 e. The Bertz CT molecular complexity index is 483. The molecule has 1 aliphatic carbocycles. The third-order valence-electron chi connectivity index (χ3n) is 3.05. The maximum Gasteiger partial charge on any atom is 0.411 e. The minimum atomic E-state index is -0.486. The van der Waals surface area contributed by atoms with Crippen LogP contribution in [-0.2, 0) is 9.53 Å². The van der Waals surface area contributed by atoms with Crippen LogP contribution in [0.2, 0.25) is 0 Å². The van der Waals surface area contributed by atoms with Crippen molar-refractivity contribution in [3.8, 4) is 0 Å². The fraction of sp³-hybridized carbons (Fsp3) is 0.467. The van der Waals surface area contributed by atoms with Crippen molar-refractivity contribution in [2.45, 2.75) is 32.2 Å². The molecule has 0 unspecified atom stereocenters. The molecule has 21 heavy (non-hydrogen) atoms. The normalized spacial score (nSPS) is 13.6. The van der Waals surface area contributed by atoms with Gasteiger partial charge in [0.1, 0.15) is 0 Å². The van der Waals surface area contributed by atoms with Crippen molar-refractivity contribution >= 4 is 23.4 Å². The van der Waals surface area contributed by atoms with Crippen LogP contribution in [-0.4, -0.2) is 31.2 Å². The predicted octanol–water partition coefficient (Wildman–Crippen LogP) is 2.34. The summed E-state index contributed by atoms with van der Waals surface area (Å²) in [6, 6.07) is 7.54.